The fourth-order valence-electron chi connectivity index (χ4n) is 2.05. The summed E-state index contributed by atoms with van der Waals surface area (Å²) >= 11 is 0. The Hall–Kier alpha value is -1.75. The first-order chi connectivity index (χ1) is 8.74. The molecule has 1 aliphatic carbocycles. The lowest BCUT2D eigenvalue weighted by molar-refractivity contribution is 0.362. The summed E-state index contributed by atoms with van der Waals surface area (Å²) in [5, 5.41) is 3.96. The Morgan fingerprint density at radius 1 is 1.44 bits per heavy atom. The molecule has 0 aliphatic heterocycles. The second-order valence-corrected chi connectivity index (χ2v) is 4.84. The zero-order valence-corrected chi connectivity index (χ0v) is 10.3. The van der Waals surface area contributed by atoms with Crippen LogP contribution in [0.4, 0.5) is 0 Å². The van der Waals surface area contributed by atoms with Crippen molar-refractivity contribution in [2.45, 2.75) is 38.1 Å². The zero-order chi connectivity index (χ0) is 12.5. The van der Waals surface area contributed by atoms with Gasteiger partial charge >= 0.3 is 0 Å². The van der Waals surface area contributed by atoms with Gasteiger partial charge in [-0.25, -0.2) is 0 Å². The fourth-order valence-corrected chi connectivity index (χ4v) is 2.05. The molecule has 0 spiro atoms. The minimum absolute atomic E-state index is 0.237. The molecule has 2 aromatic heterocycles. The van der Waals surface area contributed by atoms with Crippen LogP contribution in [0.3, 0.4) is 0 Å². The number of pyridine rings is 1. The van der Waals surface area contributed by atoms with Crippen LogP contribution < -0.4 is 5.73 Å². The maximum atomic E-state index is 5.71. The third-order valence-electron chi connectivity index (χ3n) is 3.39. The normalized spacial score (nSPS) is 17.4. The van der Waals surface area contributed by atoms with Crippen LogP contribution >= 0.6 is 0 Å². The third-order valence-corrected chi connectivity index (χ3v) is 3.39. The minimum Gasteiger partial charge on any atom is -0.337 e. The average molecular weight is 244 g/mol. The summed E-state index contributed by atoms with van der Waals surface area (Å²) in [6.45, 7) is 1.82. The second kappa shape index (κ2) is 4.49. The van der Waals surface area contributed by atoms with Crippen molar-refractivity contribution in [3.63, 3.8) is 0 Å². The van der Waals surface area contributed by atoms with Gasteiger partial charge in [0.25, 0.3) is 0 Å². The smallest absolute Gasteiger partial charge is 0.243 e. The van der Waals surface area contributed by atoms with Crippen molar-refractivity contribution >= 4 is 0 Å². The SMILES string of the molecule is C[C@H](N)c1nc(-c2ccnc(C3CCC3)c2)no1. The van der Waals surface area contributed by atoms with E-state index in [0.29, 0.717) is 17.6 Å². The van der Waals surface area contributed by atoms with E-state index in [4.69, 9.17) is 10.3 Å². The highest BCUT2D eigenvalue weighted by molar-refractivity contribution is 5.54. The predicted molar refractivity (Wildman–Crippen MR) is 66.7 cm³/mol. The highest BCUT2D eigenvalue weighted by atomic mass is 16.5. The highest BCUT2D eigenvalue weighted by Crippen LogP contribution is 2.36. The van der Waals surface area contributed by atoms with E-state index >= 15 is 0 Å². The van der Waals surface area contributed by atoms with Crippen LogP contribution in [0.2, 0.25) is 0 Å². The third kappa shape index (κ3) is 2.01. The van der Waals surface area contributed by atoms with Crippen molar-refractivity contribution in [1.29, 1.82) is 0 Å². The van der Waals surface area contributed by atoms with Crippen molar-refractivity contribution in [3.8, 4) is 11.4 Å². The molecule has 94 valence electrons. The summed E-state index contributed by atoms with van der Waals surface area (Å²) in [6, 6.07) is 3.72. The Morgan fingerprint density at radius 2 is 2.28 bits per heavy atom. The Kier molecular flexibility index (Phi) is 2.83. The molecular formula is C13H16N4O. The molecule has 0 bridgehead atoms. The lowest BCUT2D eigenvalue weighted by Gasteiger charge is -2.24. The molecule has 5 heteroatoms. The van der Waals surface area contributed by atoms with Crippen LogP contribution in [0.15, 0.2) is 22.9 Å². The van der Waals surface area contributed by atoms with Gasteiger partial charge in [-0.3, -0.25) is 4.98 Å². The van der Waals surface area contributed by atoms with Crippen LogP contribution in [-0.4, -0.2) is 15.1 Å². The van der Waals surface area contributed by atoms with E-state index < -0.39 is 0 Å². The van der Waals surface area contributed by atoms with Crippen molar-refractivity contribution in [1.82, 2.24) is 15.1 Å². The van der Waals surface area contributed by atoms with Crippen molar-refractivity contribution in [3.05, 3.63) is 29.9 Å². The molecule has 1 saturated carbocycles. The van der Waals surface area contributed by atoms with Gasteiger partial charge in [0.1, 0.15) is 0 Å². The van der Waals surface area contributed by atoms with Gasteiger partial charge < -0.3 is 10.3 Å². The lowest BCUT2D eigenvalue weighted by Crippen LogP contribution is -2.10. The van der Waals surface area contributed by atoms with Gasteiger partial charge in [0.2, 0.25) is 11.7 Å². The monoisotopic (exact) mass is 244 g/mol. The Bertz CT molecular complexity index is 545. The van der Waals surface area contributed by atoms with Crippen LogP contribution in [-0.2, 0) is 0 Å². The Morgan fingerprint density at radius 3 is 2.89 bits per heavy atom. The summed E-state index contributed by atoms with van der Waals surface area (Å²) < 4.78 is 5.11. The molecule has 0 radical (unpaired) electrons. The molecule has 1 fully saturated rings. The molecule has 0 unspecified atom stereocenters. The largest absolute Gasteiger partial charge is 0.337 e. The summed E-state index contributed by atoms with van der Waals surface area (Å²) in [5.41, 5.74) is 7.78. The molecule has 0 saturated heterocycles. The number of rotatable bonds is 3. The van der Waals surface area contributed by atoms with E-state index in [9.17, 15) is 0 Å². The van der Waals surface area contributed by atoms with Gasteiger partial charge in [0.05, 0.1) is 6.04 Å². The zero-order valence-electron chi connectivity index (χ0n) is 10.3. The molecule has 18 heavy (non-hydrogen) atoms. The predicted octanol–water partition coefficient (Wildman–Crippen LogP) is 2.42. The van der Waals surface area contributed by atoms with Crippen molar-refractivity contribution in [2.75, 3.05) is 0 Å². The summed E-state index contributed by atoms with van der Waals surface area (Å²) in [7, 11) is 0. The Balaban J connectivity index is 1.90. The van der Waals surface area contributed by atoms with E-state index in [-0.39, 0.29) is 6.04 Å². The topological polar surface area (TPSA) is 77.8 Å². The molecule has 3 rings (SSSR count). The standard InChI is InChI=1S/C13H16N4O/c1-8(14)13-16-12(17-18-13)10-5-6-15-11(7-10)9-3-2-4-9/h5-9H,2-4,14H2,1H3/t8-/m0/s1. The van der Waals surface area contributed by atoms with Crippen LogP contribution in [0.1, 0.15) is 49.7 Å². The summed E-state index contributed by atoms with van der Waals surface area (Å²) in [6.07, 6.45) is 5.57. The van der Waals surface area contributed by atoms with E-state index in [1.807, 2.05) is 19.2 Å². The van der Waals surface area contributed by atoms with Gasteiger partial charge in [0.15, 0.2) is 0 Å². The fraction of sp³-hybridized carbons (Fsp3) is 0.462. The number of aromatic nitrogens is 3. The first-order valence-electron chi connectivity index (χ1n) is 6.29. The molecule has 0 aromatic carbocycles. The highest BCUT2D eigenvalue weighted by Gasteiger charge is 2.21. The quantitative estimate of drug-likeness (QED) is 0.897. The van der Waals surface area contributed by atoms with Crippen molar-refractivity contribution in [2.24, 2.45) is 5.73 Å². The molecule has 1 aliphatic rings. The van der Waals surface area contributed by atoms with Gasteiger partial charge in [0, 0.05) is 23.4 Å². The minimum atomic E-state index is -0.237. The van der Waals surface area contributed by atoms with Crippen LogP contribution in [0.5, 0.6) is 0 Å². The van der Waals surface area contributed by atoms with Gasteiger partial charge in [-0.1, -0.05) is 11.6 Å². The molecule has 2 heterocycles. The van der Waals surface area contributed by atoms with Gasteiger partial charge in [-0.15, -0.1) is 0 Å². The van der Waals surface area contributed by atoms with Gasteiger partial charge in [-0.2, -0.15) is 4.98 Å². The van der Waals surface area contributed by atoms with Crippen LogP contribution in [0.25, 0.3) is 11.4 Å². The lowest BCUT2D eigenvalue weighted by atomic mass is 9.82. The maximum Gasteiger partial charge on any atom is 0.243 e. The number of hydrogen-bond donors (Lipinski definition) is 1. The van der Waals surface area contributed by atoms with E-state index in [1.54, 1.807) is 0 Å². The molecule has 5 nitrogen and oxygen atoms in total. The second-order valence-electron chi connectivity index (χ2n) is 4.84. The van der Waals surface area contributed by atoms with E-state index in [2.05, 4.69) is 21.2 Å². The van der Waals surface area contributed by atoms with Crippen molar-refractivity contribution < 1.29 is 4.52 Å². The Labute approximate surface area is 105 Å². The molecule has 2 aromatic rings. The summed E-state index contributed by atoms with van der Waals surface area (Å²) in [4.78, 5) is 8.71. The molecule has 1 atom stereocenters. The van der Waals surface area contributed by atoms with E-state index in [1.165, 1.54) is 19.3 Å². The number of hydrogen-bond acceptors (Lipinski definition) is 5. The first kappa shape index (κ1) is 11.3. The average Bonchev–Trinajstić information content (AvgIpc) is 2.76. The number of nitrogens with zero attached hydrogens (tertiary/aromatic N) is 3. The molecule has 2 N–H and O–H groups in total. The summed E-state index contributed by atoms with van der Waals surface area (Å²) in [5.74, 6) is 1.65. The maximum absolute atomic E-state index is 5.71. The van der Waals surface area contributed by atoms with E-state index in [0.717, 1.165) is 11.3 Å². The number of nitrogens with two attached hydrogens (primary N) is 1. The van der Waals surface area contributed by atoms with Crippen LogP contribution in [0, 0.1) is 0 Å². The molecular weight excluding hydrogens is 228 g/mol. The van der Waals surface area contributed by atoms with Gasteiger partial charge in [-0.05, 0) is 31.9 Å². The first-order valence-corrected chi connectivity index (χ1v) is 6.29. The molecule has 0 amide bonds.